The van der Waals surface area contributed by atoms with Crippen molar-refractivity contribution in [1.82, 2.24) is 0 Å². The van der Waals surface area contributed by atoms with Gasteiger partial charge in [0.15, 0.2) is 0 Å². The molecule has 0 amide bonds. The van der Waals surface area contributed by atoms with E-state index >= 15 is 0 Å². The zero-order valence-electron chi connectivity index (χ0n) is 9.29. The largest absolute Gasteiger partial charge is 0.376 e. The van der Waals surface area contributed by atoms with Gasteiger partial charge < -0.3 is 4.74 Å². The zero-order valence-corrected chi connectivity index (χ0v) is 10.1. The first-order valence-electron chi connectivity index (χ1n) is 5.51. The van der Waals surface area contributed by atoms with E-state index in [0.29, 0.717) is 0 Å². The minimum atomic E-state index is 0.00750. The van der Waals surface area contributed by atoms with Crippen molar-refractivity contribution in [1.29, 1.82) is 0 Å². The molecular formula is C13H17ClO. The van der Waals surface area contributed by atoms with E-state index in [1.807, 2.05) is 0 Å². The first-order chi connectivity index (χ1) is 7.18. The summed E-state index contributed by atoms with van der Waals surface area (Å²) in [4.78, 5) is 0. The average Bonchev–Trinajstić information content (AvgIpc) is 2.69. The van der Waals surface area contributed by atoms with Crippen LogP contribution in [-0.4, -0.2) is 12.7 Å². The molecule has 0 saturated carbocycles. The molecule has 1 saturated heterocycles. The minimum absolute atomic E-state index is 0.00750. The van der Waals surface area contributed by atoms with Gasteiger partial charge in [0.25, 0.3) is 0 Å². The molecule has 0 bridgehead atoms. The van der Waals surface area contributed by atoms with Gasteiger partial charge in [-0.1, -0.05) is 23.8 Å². The van der Waals surface area contributed by atoms with E-state index in [1.165, 1.54) is 16.7 Å². The molecule has 0 N–H and O–H groups in total. The van der Waals surface area contributed by atoms with E-state index in [9.17, 15) is 0 Å². The molecule has 82 valence electrons. The lowest BCUT2D eigenvalue weighted by atomic mass is 9.99. The molecular weight excluding hydrogens is 208 g/mol. The van der Waals surface area contributed by atoms with Gasteiger partial charge >= 0.3 is 0 Å². The number of ether oxygens (including phenoxy) is 1. The Kier molecular flexibility index (Phi) is 3.32. The van der Waals surface area contributed by atoms with Crippen LogP contribution in [0.4, 0.5) is 0 Å². The van der Waals surface area contributed by atoms with E-state index in [2.05, 4.69) is 32.0 Å². The molecule has 1 aromatic carbocycles. The first-order valence-corrected chi connectivity index (χ1v) is 5.95. The predicted molar refractivity (Wildman–Crippen MR) is 63.5 cm³/mol. The molecule has 2 rings (SSSR count). The Labute approximate surface area is 96.4 Å². The topological polar surface area (TPSA) is 9.23 Å². The molecule has 1 aliphatic rings. The minimum Gasteiger partial charge on any atom is -0.376 e. The zero-order chi connectivity index (χ0) is 10.8. The maximum Gasteiger partial charge on any atom is 0.0849 e. The summed E-state index contributed by atoms with van der Waals surface area (Å²) in [7, 11) is 0. The SMILES string of the molecule is Cc1ccc(C(Cl)C2CCCO2)c(C)c1. The molecule has 2 heteroatoms. The number of rotatable bonds is 2. The predicted octanol–water partition coefficient (Wildman–Crippen LogP) is 3.76. The lowest BCUT2D eigenvalue weighted by Gasteiger charge is -2.19. The summed E-state index contributed by atoms with van der Waals surface area (Å²) >= 11 is 6.45. The highest BCUT2D eigenvalue weighted by Gasteiger charge is 2.26. The maximum absolute atomic E-state index is 6.45. The van der Waals surface area contributed by atoms with Gasteiger partial charge in [-0.2, -0.15) is 0 Å². The van der Waals surface area contributed by atoms with E-state index in [4.69, 9.17) is 16.3 Å². The molecule has 1 heterocycles. The molecule has 2 unspecified atom stereocenters. The Bertz CT molecular complexity index is 342. The smallest absolute Gasteiger partial charge is 0.0849 e. The fraction of sp³-hybridized carbons (Fsp3) is 0.538. The molecule has 1 fully saturated rings. The van der Waals surface area contributed by atoms with Crippen molar-refractivity contribution in [3.8, 4) is 0 Å². The molecule has 1 aromatic rings. The van der Waals surface area contributed by atoms with Crippen LogP contribution in [0.25, 0.3) is 0 Å². The van der Waals surface area contributed by atoms with Gasteiger partial charge in [-0.25, -0.2) is 0 Å². The highest BCUT2D eigenvalue weighted by atomic mass is 35.5. The van der Waals surface area contributed by atoms with Crippen LogP contribution in [0.5, 0.6) is 0 Å². The molecule has 1 aliphatic heterocycles. The van der Waals surface area contributed by atoms with Crippen molar-refractivity contribution < 1.29 is 4.74 Å². The fourth-order valence-electron chi connectivity index (χ4n) is 2.17. The molecule has 0 aromatic heterocycles. The lowest BCUT2D eigenvalue weighted by Crippen LogP contribution is -2.13. The Balaban J connectivity index is 2.20. The first kappa shape index (κ1) is 11.0. The van der Waals surface area contributed by atoms with E-state index in [-0.39, 0.29) is 11.5 Å². The Hall–Kier alpha value is -0.530. The third-order valence-electron chi connectivity index (χ3n) is 3.01. The van der Waals surface area contributed by atoms with Gasteiger partial charge in [-0.3, -0.25) is 0 Å². The third-order valence-corrected chi connectivity index (χ3v) is 3.53. The summed E-state index contributed by atoms with van der Waals surface area (Å²) in [5, 5.41) is 0.00750. The van der Waals surface area contributed by atoms with Crippen molar-refractivity contribution >= 4 is 11.6 Å². The van der Waals surface area contributed by atoms with Crippen molar-refractivity contribution in [2.75, 3.05) is 6.61 Å². The van der Waals surface area contributed by atoms with Crippen molar-refractivity contribution in [3.63, 3.8) is 0 Å². The molecule has 2 atom stereocenters. The van der Waals surface area contributed by atoms with Crippen LogP contribution in [0.3, 0.4) is 0 Å². The monoisotopic (exact) mass is 224 g/mol. The maximum atomic E-state index is 6.45. The van der Waals surface area contributed by atoms with Crippen LogP contribution in [0.15, 0.2) is 18.2 Å². The van der Waals surface area contributed by atoms with Crippen molar-refractivity contribution in [3.05, 3.63) is 34.9 Å². The number of halogens is 1. The summed E-state index contributed by atoms with van der Waals surface area (Å²) in [6.45, 7) is 5.08. The van der Waals surface area contributed by atoms with Gasteiger partial charge in [-0.05, 0) is 37.8 Å². The van der Waals surface area contributed by atoms with Crippen LogP contribution in [-0.2, 0) is 4.74 Å². The lowest BCUT2D eigenvalue weighted by molar-refractivity contribution is 0.107. The fourth-order valence-corrected chi connectivity index (χ4v) is 2.61. The van der Waals surface area contributed by atoms with Gasteiger partial charge in [0, 0.05) is 6.61 Å². The summed E-state index contributed by atoms with van der Waals surface area (Å²) in [6.07, 6.45) is 2.42. The van der Waals surface area contributed by atoms with Crippen LogP contribution in [0, 0.1) is 13.8 Å². The van der Waals surface area contributed by atoms with E-state index in [0.717, 1.165) is 19.4 Å². The summed E-state index contributed by atoms with van der Waals surface area (Å²) in [6, 6.07) is 6.43. The van der Waals surface area contributed by atoms with Crippen LogP contribution in [0.1, 0.15) is 34.9 Å². The molecule has 15 heavy (non-hydrogen) atoms. The number of aryl methyl sites for hydroxylation is 2. The number of hydrogen-bond donors (Lipinski definition) is 0. The van der Waals surface area contributed by atoms with Gasteiger partial charge in [0.2, 0.25) is 0 Å². The van der Waals surface area contributed by atoms with Crippen LogP contribution in [0.2, 0.25) is 0 Å². The second kappa shape index (κ2) is 4.54. The Morgan fingerprint density at radius 1 is 1.40 bits per heavy atom. The number of alkyl halides is 1. The average molecular weight is 225 g/mol. The summed E-state index contributed by atoms with van der Waals surface area (Å²) in [5.41, 5.74) is 3.77. The van der Waals surface area contributed by atoms with E-state index < -0.39 is 0 Å². The Morgan fingerprint density at radius 3 is 2.80 bits per heavy atom. The van der Waals surface area contributed by atoms with Gasteiger partial charge in [-0.15, -0.1) is 11.6 Å². The van der Waals surface area contributed by atoms with Crippen molar-refractivity contribution in [2.24, 2.45) is 0 Å². The number of benzene rings is 1. The third kappa shape index (κ3) is 2.35. The molecule has 0 aliphatic carbocycles. The van der Waals surface area contributed by atoms with Crippen LogP contribution >= 0.6 is 11.6 Å². The second-order valence-corrected chi connectivity index (χ2v) is 4.78. The van der Waals surface area contributed by atoms with Gasteiger partial charge in [0.05, 0.1) is 11.5 Å². The highest BCUT2D eigenvalue weighted by Crippen LogP contribution is 2.34. The summed E-state index contributed by atoms with van der Waals surface area (Å²) < 4.78 is 5.62. The Morgan fingerprint density at radius 2 is 2.20 bits per heavy atom. The molecule has 0 radical (unpaired) electrons. The normalized spacial score (nSPS) is 23.0. The quantitative estimate of drug-likeness (QED) is 0.695. The van der Waals surface area contributed by atoms with Crippen molar-refractivity contribution in [2.45, 2.75) is 38.2 Å². The van der Waals surface area contributed by atoms with Gasteiger partial charge in [0.1, 0.15) is 0 Å². The second-order valence-electron chi connectivity index (χ2n) is 4.31. The molecule has 1 nitrogen and oxygen atoms in total. The highest BCUT2D eigenvalue weighted by molar-refractivity contribution is 6.21. The molecule has 0 spiro atoms. The standard InChI is InChI=1S/C13H17ClO/c1-9-5-6-11(10(2)8-9)13(14)12-4-3-7-15-12/h5-6,8,12-13H,3-4,7H2,1-2H3. The summed E-state index contributed by atoms with van der Waals surface area (Å²) in [5.74, 6) is 0. The number of hydrogen-bond acceptors (Lipinski definition) is 1. The van der Waals surface area contributed by atoms with Crippen LogP contribution < -0.4 is 0 Å². The van der Waals surface area contributed by atoms with E-state index in [1.54, 1.807) is 0 Å².